The maximum Gasteiger partial charge on any atom is 0.165 e. The van der Waals surface area contributed by atoms with Crippen LogP contribution >= 0.6 is 0 Å². The zero-order chi connectivity index (χ0) is 23.3. The van der Waals surface area contributed by atoms with E-state index in [1.165, 1.54) is 12.0 Å². The maximum absolute atomic E-state index is 6.57. The highest BCUT2D eigenvalue weighted by molar-refractivity contribution is 5.85. The van der Waals surface area contributed by atoms with Gasteiger partial charge in [0.1, 0.15) is 11.3 Å². The Morgan fingerprint density at radius 2 is 1.68 bits per heavy atom. The molecule has 4 N–H and O–H groups in total. The Morgan fingerprint density at radius 3 is 2.35 bits per heavy atom. The Hall–Kier alpha value is -4.03. The number of nitrogens with two attached hydrogens (primary N) is 2. The van der Waals surface area contributed by atoms with Crippen LogP contribution in [0, 0.1) is 6.92 Å². The molecule has 3 aromatic heterocycles. The topological polar surface area (TPSA) is 95.6 Å². The van der Waals surface area contributed by atoms with E-state index >= 15 is 0 Å². The summed E-state index contributed by atoms with van der Waals surface area (Å²) in [6.45, 7) is 2.07. The second kappa shape index (κ2) is 7.78. The molecule has 0 bridgehead atoms. The van der Waals surface area contributed by atoms with Crippen molar-refractivity contribution >= 4 is 17.0 Å². The molecular weight excluding hydrogens is 420 g/mol. The summed E-state index contributed by atoms with van der Waals surface area (Å²) in [6, 6.07) is 24.6. The highest BCUT2D eigenvalue weighted by Gasteiger charge is 2.34. The van der Waals surface area contributed by atoms with Gasteiger partial charge in [-0.05, 0) is 67.6 Å². The molecule has 1 aliphatic rings. The van der Waals surface area contributed by atoms with Crippen LogP contribution in [0.2, 0.25) is 0 Å². The fourth-order valence-electron chi connectivity index (χ4n) is 4.81. The third kappa shape index (κ3) is 3.26. The van der Waals surface area contributed by atoms with Crippen LogP contribution in [0.3, 0.4) is 0 Å². The van der Waals surface area contributed by atoms with Crippen LogP contribution in [0.1, 0.15) is 30.4 Å². The molecule has 1 fully saturated rings. The lowest BCUT2D eigenvalue weighted by Crippen LogP contribution is -2.43. The van der Waals surface area contributed by atoms with Crippen molar-refractivity contribution in [2.24, 2.45) is 5.73 Å². The van der Waals surface area contributed by atoms with E-state index in [1.54, 1.807) is 6.20 Å². The minimum absolute atomic E-state index is 0.206. The molecule has 0 aliphatic heterocycles. The Kier molecular flexibility index (Phi) is 4.71. The van der Waals surface area contributed by atoms with Crippen LogP contribution in [-0.4, -0.2) is 19.5 Å². The van der Waals surface area contributed by atoms with E-state index < -0.39 is 0 Å². The second-order valence-electron chi connectivity index (χ2n) is 9.13. The molecule has 1 aliphatic carbocycles. The van der Waals surface area contributed by atoms with E-state index in [-0.39, 0.29) is 5.54 Å². The van der Waals surface area contributed by atoms with E-state index in [2.05, 4.69) is 58.9 Å². The highest BCUT2D eigenvalue weighted by Crippen LogP contribution is 2.39. The molecule has 6 nitrogen and oxygen atoms in total. The lowest BCUT2D eigenvalue weighted by molar-refractivity contribution is 0.253. The molecule has 0 spiro atoms. The zero-order valence-corrected chi connectivity index (χ0v) is 19.1. The second-order valence-corrected chi connectivity index (χ2v) is 9.13. The summed E-state index contributed by atoms with van der Waals surface area (Å²) in [6.07, 6.45) is 4.92. The van der Waals surface area contributed by atoms with Crippen LogP contribution in [0.5, 0.6) is 0 Å². The SMILES string of the molecule is Cc1cc2nc(-c3cccnc3N)n(-c3ccc(C4(N)CCC4)cc3)c2nc1-c1ccccc1. The number of anilines is 1. The number of imidazole rings is 1. The van der Waals surface area contributed by atoms with Gasteiger partial charge in [-0.25, -0.2) is 15.0 Å². The van der Waals surface area contributed by atoms with Crippen molar-refractivity contribution in [1.29, 1.82) is 0 Å². The third-order valence-electron chi connectivity index (χ3n) is 6.90. The fourth-order valence-corrected chi connectivity index (χ4v) is 4.81. The number of hydrogen-bond donors (Lipinski definition) is 2. The summed E-state index contributed by atoms with van der Waals surface area (Å²) in [5, 5.41) is 0. The lowest BCUT2D eigenvalue weighted by Gasteiger charge is -2.38. The van der Waals surface area contributed by atoms with Crippen molar-refractivity contribution in [1.82, 2.24) is 19.5 Å². The van der Waals surface area contributed by atoms with Crippen molar-refractivity contribution < 1.29 is 0 Å². The maximum atomic E-state index is 6.57. The average Bonchev–Trinajstić information content (AvgIpc) is 3.20. The number of benzene rings is 2. The zero-order valence-electron chi connectivity index (χ0n) is 19.1. The molecule has 0 saturated heterocycles. The van der Waals surface area contributed by atoms with Crippen LogP contribution in [0.15, 0.2) is 79.0 Å². The van der Waals surface area contributed by atoms with Crippen molar-refractivity contribution in [3.63, 3.8) is 0 Å². The number of hydrogen-bond acceptors (Lipinski definition) is 5. The van der Waals surface area contributed by atoms with Gasteiger partial charge in [-0.15, -0.1) is 0 Å². The summed E-state index contributed by atoms with van der Waals surface area (Å²) in [7, 11) is 0. The number of fused-ring (bicyclic) bond motifs is 1. The first-order chi connectivity index (χ1) is 16.5. The van der Waals surface area contributed by atoms with Crippen molar-refractivity contribution in [3.8, 4) is 28.3 Å². The monoisotopic (exact) mass is 446 g/mol. The van der Waals surface area contributed by atoms with Gasteiger partial charge in [0.15, 0.2) is 11.5 Å². The molecule has 6 heteroatoms. The van der Waals surface area contributed by atoms with Crippen LogP contribution in [0.4, 0.5) is 5.82 Å². The van der Waals surface area contributed by atoms with Gasteiger partial charge in [0, 0.05) is 23.0 Å². The number of aryl methyl sites for hydroxylation is 1. The number of pyridine rings is 2. The standard InChI is InChI=1S/C28H26N6/c1-18-17-23-27(33-24(18)19-7-3-2-4-8-19)34(26(32-23)22-9-5-16-31-25(22)29)21-12-10-20(11-13-21)28(30)14-6-15-28/h2-5,7-13,16-17H,6,14-15,30H2,1H3,(H2,29,31). The van der Waals surface area contributed by atoms with Gasteiger partial charge in [-0.2, -0.15) is 0 Å². The van der Waals surface area contributed by atoms with Crippen LogP contribution < -0.4 is 11.5 Å². The molecule has 2 aromatic carbocycles. The van der Waals surface area contributed by atoms with Crippen LogP contribution in [0.25, 0.3) is 39.5 Å². The predicted molar refractivity (Wildman–Crippen MR) is 136 cm³/mol. The molecule has 5 aromatic rings. The Balaban J connectivity index is 1.60. The number of aromatic nitrogens is 4. The molecule has 0 amide bonds. The smallest absolute Gasteiger partial charge is 0.165 e. The molecule has 168 valence electrons. The van der Waals surface area contributed by atoms with Crippen molar-refractivity contribution in [2.45, 2.75) is 31.7 Å². The molecule has 3 heterocycles. The first-order valence-corrected chi connectivity index (χ1v) is 11.6. The highest BCUT2D eigenvalue weighted by atomic mass is 15.1. The van der Waals surface area contributed by atoms with E-state index in [4.69, 9.17) is 21.4 Å². The van der Waals surface area contributed by atoms with Gasteiger partial charge in [0.2, 0.25) is 0 Å². The Bertz CT molecular complexity index is 1500. The van der Waals surface area contributed by atoms with Gasteiger partial charge in [0.25, 0.3) is 0 Å². The molecule has 1 saturated carbocycles. The summed E-state index contributed by atoms with van der Waals surface area (Å²) in [4.78, 5) is 14.4. The first kappa shape index (κ1) is 20.6. The van der Waals surface area contributed by atoms with Crippen molar-refractivity contribution in [2.75, 3.05) is 5.73 Å². The summed E-state index contributed by atoms with van der Waals surface area (Å²) in [5.41, 5.74) is 20.2. The third-order valence-corrected chi connectivity index (χ3v) is 6.90. The molecule has 34 heavy (non-hydrogen) atoms. The molecule has 6 rings (SSSR count). The lowest BCUT2D eigenvalue weighted by atomic mass is 9.73. The Labute approximate surface area is 198 Å². The average molecular weight is 447 g/mol. The first-order valence-electron chi connectivity index (χ1n) is 11.6. The van der Waals surface area contributed by atoms with E-state index in [0.717, 1.165) is 57.9 Å². The van der Waals surface area contributed by atoms with Gasteiger partial charge >= 0.3 is 0 Å². The molecule has 0 unspecified atom stereocenters. The largest absolute Gasteiger partial charge is 0.383 e. The number of nitrogens with zero attached hydrogens (tertiary/aromatic N) is 4. The molecular formula is C28H26N6. The van der Waals surface area contributed by atoms with Crippen LogP contribution in [-0.2, 0) is 5.54 Å². The summed E-state index contributed by atoms with van der Waals surface area (Å²) >= 11 is 0. The number of rotatable bonds is 4. The van der Waals surface area contributed by atoms with Gasteiger partial charge in [-0.1, -0.05) is 42.5 Å². The van der Waals surface area contributed by atoms with E-state index in [1.807, 2.05) is 30.3 Å². The summed E-state index contributed by atoms with van der Waals surface area (Å²) in [5.74, 6) is 1.16. The van der Waals surface area contributed by atoms with Gasteiger partial charge in [0.05, 0.1) is 11.3 Å². The quantitative estimate of drug-likeness (QED) is 0.386. The minimum Gasteiger partial charge on any atom is -0.383 e. The molecule has 0 radical (unpaired) electrons. The van der Waals surface area contributed by atoms with Crippen molar-refractivity contribution in [3.05, 3.63) is 90.1 Å². The molecule has 0 atom stereocenters. The summed E-state index contributed by atoms with van der Waals surface area (Å²) < 4.78 is 2.07. The predicted octanol–water partition coefficient (Wildman–Crippen LogP) is 5.38. The van der Waals surface area contributed by atoms with E-state index in [9.17, 15) is 0 Å². The number of nitrogen functional groups attached to an aromatic ring is 1. The van der Waals surface area contributed by atoms with Gasteiger partial charge < -0.3 is 11.5 Å². The normalized spacial score (nSPS) is 14.8. The Morgan fingerprint density at radius 1 is 0.912 bits per heavy atom. The fraction of sp³-hybridized carbons (Fsp3) is 0.179. The van der Waals surface area contributed by atoms with E-state index in [0.29, 0.717) is 5.82 Å². The minimum atomic E-state index is -0.206. The van der Waals surface area contributed by atoms with Gasteiger partial charge in [-0.3, -0.25) is 4.57 Å².